The van der Waals surface area contributed by atoms with E-state index >= 15 is 0 Å². The summed E-state index contributed by atoms with van der Waals surface area (Å²) in [6.45, 7) is 0. The molecule has 0 atom stereocenters. The van der Waals surface area contributed by atoms with Crippen LogP contribution in [0, 0.1) is 0 Å². The van der Waals surface area contributed by atoms with E-state index in [1.165, 1.54) is 23.4 Å². The first-order valence-corrected chi connectivity index (χ1v) is 9.08. The number of rotatable bonds is 5. The van der Waals surface area contributed by atoms with Crippen LogP contribution in [-0.2, 0) is 11.8 Å². The zero-order valence-electron chi connectivity index (χ0n) is 14.2. The van der Waals surface area contributed by atoms with E-state index in [4.69, 9.17) is 16.3 Å². The van der Waals surface area contributed by atoms with E-state index in [1.807, 2.05) is 6.07 Å². The van der Waals surface area contributed by atoms with Crippen molar-refractivity contribution in [3.63, 3.8) is 0 Å². The number of thioether (sulfide) groups is 1. The first kappa shape index (κ1) is 18.3. The van der Waals surface area contributed by atoms with E-state index < -0.39 is 0 Å². The molecule has 26 heavy (non-hydrogen) atoms. The van der Waals surface area contributed by atoms with Gasteiger partial charge in [0, 0.05) is 12.7 Å². The number of aromatic nitrogens is 2. The zero-order chi connectivity index (χ0) is 18.7. The van der Waals surface area contributed by atoms with Gasteiger partial charge in [0.05, 0.1) is 28.8 Å². The smallest absolute Gasteiger partial charge is 0.261 e. The molecule has 1 amide bonds. The van der Waals surface area contributed by atoms with Crippen LogP contribution in [-0.4, -0.2) is 28.3 Å². The number of nitrogens with one attached hydrogen (secondary N) is 1. The second kappa shape index (κ2) is 7.80. The molecule has 6 nitrogen and oxygen atoms in total. The molecule has 0 radical (unpaired) electrons. The minimum atomic E-state index is -0.223. The Kier molecular flexibility index (Phi) is 5.49. The average Bonchev–Trinajstić information content (AvgIpc) is 2.64. The summed E-state index contributed by atoms with van der Waals surface area (Å²) in [6.07, 6.45) is 0. The van der Waals surface area contributed by atoms with Gasteiger partial charge in [-0.15, -0.1) is 0 Å². The van der Waals surface area contributed by atoms with Crippen molar-refractivity contribution in [2.45, 2.75) is 5.16 Å². The summed E-state index contributed by atoms with van der Waals surface area (Å²) in [5.41, 5.74) is 1.04. The molecule has 1 aromatic heterocycles. The molecule has 0 unspecified atom stereocenters. The van der Waals surface area contributed by atoms with Gasteiger partial charge >= 0.3 is 0 Å². The van der Waals surface area contributed by atoms with Crippen molar-refractivity contribution in [2.24, 2.45) is 7.05 Å². The fourth-order valence-corrected chi connectivity index (χ4v) is 3.43. The molecule has 1 N–H and O–H groups in total. The zero-order valence-corrected chi connectivity index (χ0v) is 15.7. The normalized spacial score (nSPS) is 10.7. The van der Waals surface area contributed by atoms with Crippen LogP contribution in [0.1, 0.15) is 0 Å². The molecule has 3 aromatic rings. The summed E-state index contributed by atoms with van der Waals surface area (Å²) < 4.78 is 6.53. The highest BCUT2D eigenvalue weighted by molar-refractivity contribution is 7.99. The van der Waals surface area contributed by atoms with Gasteiger partial charge in [-0.05, 0) is 30.3 Å². The number of benzene rings is 2. The molecule has 3 rings (SSSR count). The highest BCUT2D eigenvalue weighted by Gasteiger charge is 2.11. The van der Waals surface area contributed by atoms with E-state index in [9.17, 15) is 9.59 Å². The summed E-state index contributed by atoms with van der Waals surface area (Å²) in [6, 6.07) is 12.1. The van der Waals surface area contributed by atoms with Gasteiger partial charge in [-0.2, -0.15) is 0 Å². The lowest BCUT2D eigenvalue weighted by Gasteiger charge is -2.10. The third-order valence-electron chi connectivity index (χ3n) is 3.71. The Morgan fingerprint density at radius 1 is 1.31 bits per heavy atom. The van der Waals surface area contributed by atoms with Crippen molar-refractivity contribution in [3.8, 4) is 5.75 Å². The lowest BCUT2D eigenvalue weighted by molar-refractivity contribution is -0.113. The molecule has 0 saturated heterocycles. The molecule has 0 aliphatic rings. The van der Waals surface area contributed by atoms with E-state index in [2.05, 4.69) is 10.3 Å². The minimum Gasteiger partial charge on any atom is -0.495 e. The Balaban J connectivity index is 1.72. The fraction of sp³-hybridized carbons (Fsp3) is 0.167. The topological polar surface area (TPSA) is 73.2 Å². The second-order valence-corrected chi connectivity index (χ2v) is 6.81. The quantitative estimate of drug-likeness (QED) is 0.535. The van der Waals surface area contributed by atoms with Crippen LogP contribution in [0.15, 0.2) is 52.4 Å². The highest BCUT2D eigenvalue weighted by Crippen LogP contribution is 2.27. The number of carbonyl (C=O) groups excluding carboxylic acids is 1. The number of fused-ring (bicyclic) bond motifs is 1. The van der Waals surface area contributed by atoms with Crippen molar-refractivity contribution in [3.05, 3.63) is 57.8 Å². The van der Waals surface area contributed by atoms with Crippen molar-refractivity contribution in [1.29, 1.82) is 0 Å². The van der Waals surface area contributed by atoms with Crippen LogP contribution in [0.5, 0.6) is 5.75 Å². The lowest BCUT2D eigenvalue weighted by atomic mass is 10.2. The molecule has 8 heteroatoms. The minimum absolute atomic E-state index is 0.113. The summed E-state index contributed by atoms with van der Waals surface area (Å²) in [5, 5.41) is 4.21. The third kappa shape index (κ3) is 3.84. The molecule has 134 valence electrons. The average molecular weight is 390 g/mol. The van der Waals surface area contributed by atoms with E-state index in [0.29, 0.717) is 32.5 Å². The number of anilines is 1. The Morgan fingerprint density at radius 2 is 2.08 bits per heavy atom. The number of hydrogen-bond donors (Lipinski definition) is 1. The van der Waals surface area contributed by atoms with Crippen LogP contribution in [0.2, 0.25) is 5.02 Å². The number of carbonyl (C=O) groups is 1. The maximum atomic E-state index is 12.4. The van der Waals surface area contributed by atoms with E-state index in [1.54, 1.807) is 43.4 Å². The molecule has 0 fully saturated rings. The predicted molar refractivity (Wildman–Crippen MR) is 104 cm³/mol. The monoisotopic (exact) mass is 389 g/mol. The van der Waals surface area contributed by atoms with Crippen LogP contribution >= 0.6 is 23.4 Å². The Morgan fingerprint density at radius 3 is 2.81 bits per heavy atom. The maximum Gasteiger partial charge on any atom is 0.261 e. The van der Waals surface area contributed by atoms with E-state index in [0.717, 1.165) is 0 Å². The largest absolute Gasteiger partial charge is 0.495 e. The Labute approximate surface area is 159 Å². The van der Waals surface area contributed by atoms with E-state index in [-0.39, 0.29) is 17.2 Å². The van der Waals surface area contributed by atoms with Crippen molar-refractivity contribution in [2.75, 3.05) is 18.2 Å². The van der Waals surface area contributed by atoms with Crippen LogP contribution in [0.3, 0.4) is 0 Å². The molecule has 1 heterocycles. The van der Waals surface area contributed by atoms with Gasteiger partial charge < -0.3 is 10.1 Å². The third-order valence-corrected chi connectivity index (χ3v) is 5.04. The van der Waals surface area contributed by atoms with Gasteiger partial charge in [-0.25, -0.2) is 4.98 Å². The maximum absolute atomic E-state index is 12.4. The standard InChI is InChI=1S/C18H16ClN3O3S/c1-22-17(24)12-5-3-4-6-14(12)21-18(22)26-10-16(23)20-11-7-8-15(25-2)13(19)9-11/h3-9H,10H2,1-2H3,(H,20,23). The van der Waals surface area contributed by atoms with Crippen molar-refractivity contribution in [1.82, 2.24) is 9.55 Å². The Hall–Kier alpha value is -2.51. The summed E-state index contributed by atoms with van der Waals surface area (Å²) in [7, 11) is 3.17. The first-order chi connectivity index (χ1) is 12.5. The second-order valence-electron chi connectivity index (χ2n) is 5.46. The van der Waals surface area contributed by atoms with Gasteiger partial charge in [0.1, 0.15) is 5.75 Å². The number of amides is 1. The Bertz CT molecular complexity index is 1040. The van der Waals surface area contributed by atoms with Gasteiger partial charge in [-0.1, -0.05) is 35.5 Å². The summed E-state index contributed by atoms with van der Waals surface area (Å²) in [4.78, 5) is 29.0. The number of nitrogens with zero attached hydrogens (tertiary/aromatic N) is 2. The molecule has 0 bridgehead atoms. The molecule has 0 aliphatic heterocycles. The van der Waals surface area contributed by atoms with Gasteiger partial charge in [-0.3, -0.25) is 14.2 Å². The first-order valence-electron chi connectivity index (χ1n) is 7.71. The number of methoxy groups -OCH3 is 1. The molecule has 2 aromatic carbocycles. The molecular weight excluding hydrogens is 374 g/mol. The van der Waals surface area contributed by atoms with Gasteiger partial charge in [0.15, 0.2) is 5.16 Å². The van der Waals surface area contributed by atoms with Crippen LogP contribution < -0.4 is 15.6 Å². The summed E-state index contributed by atoms with van der Waals surface area (Å²) in [5.74, 6) is 0.426. The predicted octanol–water partition coefficient (Wildman–Crippen LogP) is 3.33. The van der Waals surface area contributed by atoms with Crippen molar-refractivity contribution >= 4 is 45.9 Å². The molecule has 0 saturated carbocycles. The van der Waals surface area contributed by atoms with Crippen LogP contribution in [0.4, 0.5) is 5.69 Å². The molecular formula is C18H16ClN3O3S. The molecule has 0 aliphatic carbocycles. The fourth-order valence-electron chi connectivity index (χ4n) is 2.40. The van der Waals surface area contributed by atoms with Crippen LogP contribution in [0.25, 0.3) is 10.9 Å². The number of para-hydroxylation sites is 1. The van der Waals surface area contributed by atoms with Gasteiger partial charge in [0.25, 0.3) is 5.56 Å². The number of hydrogen-bond acceptors (Lipinski definition) is 5. The van der Waals surface area contributed by atoms with Gasteiger partial charge in [0.2, 0.25) is 5.91 Å². The van der Waals surface area contributed by atoms with Crippen molar-refractivity contribution < 1.29 is 9.53 Å². The number of halogens is 1. The number of ether oxygens (including phenoxy) is 1. The molecule has 0 spiro atoms. The lowest BCUT2D eigenvalue weighted by Crippen LogP contribution is -2.21. The summed E-state index contributed by atoms with van der Waals surface area (Å²) >= 11 is 7.25. The SMILES string of the molecule is COc1ccc(NC(=O)CSc2nc3ccccc3c(=O)n2C)cc1Cl. The highest BCUT2D eigenvalue weighted by atomic mass is 35.5.